The summed E-state index contributed by atoms with van der Waals surface area (Å²) in [5.41, 5.74) is 10.6. The summed E-state index contributed by atoms with van der Waals surface area (Å²) < 4.78 is 16.2. The van der Waals surface area contributed by atoms with Gasteiger partial charge in [-0.2, -0.15) is 5.26 Å². The molecule has 7 heteroatoms. The number of para-hydroxylation sites is 2. The van der Waals surface area contributed by atoms with Crippen LogP contribution in [0.5, 0.6) is 0 Å². The summed E-state index contributed by atoms with van der Waals surface area (Å²) in [4.78, 5) is 4.65. The molecule has 15 aromatic rings. The number of nitriles is 1. The van der Waals surface area contributed by atoms with Gasteiger partial charge in [0.25, 0.3) is 0 Å². The van der Waals surface area contributed by atoms with Crippen LogP contribution in [0, 0.1) is 17.9 Å². The van der Waals surface area contributed by atoms with E-state index in [-0.39, 0.29) is 0 Å². The highest BCUT2D eigenvalue weighted by molar-refractivity contribution is 7.27. The first kappa shape index (κ1) is 38.2. The smallest absolute Gasteiger partial charge is 0.221 e. The molecule has 0 aliphatic heterocycles. The fourth-order valence-corrected chi connectivity index (χ4v) is 13.8. The molecule has 5 nitrogen and oxygen atoms in total. The molecule has 0 aliphatic rings. The van der Waals surface area contributed by atoms with Gasteiger partial charge in [0.05, 0.1) is 55.0 Å². The molecule has 0 fully saturated rings. The van der Waals surface area contributed by atoms with E-state index in [1.54, 1.807) is 22.7 Å². The first-order valence-corrected chi connectivity index (χ1v) is 24.5. The lowest BCUT2D eigenvalue weighted by Crippen LogP contribution is -2.08. The molecule has 5 heterocycles. The van der Waals surface area contributed by atoms with Gasteiger partial charge in [0.1, 0.15) is 11.7 Å². The summed E-state index contributed by atoms with van der Waals surface area (Å²) in [6.07, 6.45) is 0. The number of rotatable bonds is 4. The summed E-state index contributed by atoms with van der Waals surface area (Å²) in [6, 6.07) is 70.6. The minimum absolute atomic E-state index is 0.380. The maximum absolute atomic E-state index is 12.2. The van der Waals surface area contributed by atoms with Crippen LogP contribution in [-0.2, 0) is 0 Å². The molecule has 0 atom stereocenters. The van der Waals surface area contributed by atoms with Gasteiger partial charge < -0.3 is 13.6 Å². The van der Waals surface area contributed by atoms with Crippen LogP contribution in [0.2, 0.25) is 0 Å². The molecule has 0 radical (unpaired) electrons. The van der Waals surface area contributed by atoms with Gasteiger partial charge in [-0.15, -0.1) is 22.7 Å². The molecule has 69 heavy (non-hydrogen) atoms. The molecule has 0 amide bonds. The second kappa shape index (κ2) is 14.3. The van der Waals surface area contributed by atoms with Crippen molar-refractivity contribution in [3.8, 4) is 39.7 Å². The second-order valence-corrected chi connectivity index (χ2v) is 19.7. The van der Waals surface area contributed by atoms with Crippen LogP contribution in [0.4, 0.5) is 5.69 Å². The molecular weight excluding hydrogens is 881 g/mol. The molecule has 10 aromatic carbocycles. The predicted molar refractivity (Wildman–Crippen MR) is 290 cm³/mol. The van der Waals surface area contributed by atoms with Gasteiger partial charge in [-0.1, -0.05) is 164 Å². The van der Waals surface area contributed by atoms with Crippen molar-refractivity contribution in [1.29, 1.82) is 5.26 Å². The average molecular weight is 913 g/mol. The predicted octanol–water partition coefficient (Wildman–Crippen LogP) is 18.3. The van der Waals surface area contributed by atoms with E-state index in [0.29, 0.717) is 22.5 Å². The summed E-state index contributed by atoms with van der Waals surface area (Å²) in [5.74, 6) is 0. The molecule has 0 aliphatic carbocycles. The molecule has 5 aromatic heterocycles. The Balaban J connectivity index is 1.24. The van der Waals surface area contributed by atoms with Crippen LogP contribution < -0.4 is 0 Å². The molecule has 0 bridgehead atoms. The van der Waals surface area contributed by atoms with E-state index in [4.69, 9.17) is 4.42 Å². The van der Waals surface area contributed by atoms with Crippen LogP contribution in [-0.4, -0.2) is 9.13 Å². The zero-order chi connectivity index (χ0) is 45.5. The monoisotopic (exact) mass is 912 g/mol. The Labute approximate surface area is 401 Å². The highest BCUT2D eigenvalue weighted by Gasteiger charge is 2.33. The highest BCUT2D eigenvalue weighted by Crippen LogP contribution is 2.55. The molecule has 318 valence electrons. The van der Waals surface area contributed by atoms with Gasteiger partial charge >= 0.3 is 0 Å². The van der Waals surface area contributed by atoms with Crippen molar-refractivity contribution in [3.05, 3.63) is 211 Å². The number of furan rings is 1. The van der Waals surface area contributed by atoms with Crippen LogP contribution >= 0.6 is 22.7 Å². The van der Waals surface area contributed by atoms with Gasteiger partial charge in [0.2, 0.25) is 5.69 Å². The van der Waals surface area contributed by atoms with E-state index >= 15 is 0 Å². The van der Waals surface area contributed by atoms with Gasteiger partial charge in [-0.25, -0.2) is 4.85 Å². The van der Waals surface area contributed by atoms with E-state index < -0.39 is 0 Å². The maximum atomic E-state index is 12.2. The lowest BCUT2D eigenvalue weighted by atomic mass is 9.88. The Bertz CT molecular complexity index is 4600. The van der Waals surface area contributed by atoms with Crippen LogP contribution in [0.25, 0.3) is 144 Å². The molecular formula is C62H32N4OS2. The zero-order valence-corrected chi connectivity index (χ0v) is 38.1. The zero-order valence-electron chi connectivity index (χ0n) is 36.5. The average Bonchev–Trinajstić information content (AvgIpc) is 4.23. The number of hydrogen-bond donors (Lipinski definition) is 0. The second-order valence-electron chi connectivity index (χ2n) is 17.6. The van der Waals surface area contributed by atoms with Crippen molar-refractivity contribution >= 4 is 134 Å². The number of hydrogen-bond acceptors (Lipinski definition) is 4. The molecule has 0 saturated heterocycles. The number of benzene rings is 10. The Morgan fingerprint density at radius 1 is 0.435 bits per heavy atom. The van der Waals surface area contributed by atoms with Crippen molar-refractivity contribution in [2.24, 2.45) is 0 Å². The Morgan fingerprint density at radius 2 is 0.928 bits per heavy atom. The number of aromatic nitrogens is 2. The van der Waals surface area contributed by atoms with E-state index in [1.807, 2.05) is 60.7 Å². The van der Waals surface area contributed by atoms with Gasteiger partial charge in [-0.3, -0.25) is 0 Å². The summed E-state index contributed by atoms with van der Waals surface area (Å²) >= 11 is 3.60. The fourth-order valence-electron chi connectivity index (χ4n) is 11.4. The standard InChI is InChI=1S/C62H32N4OS2/c1-64-54-53(36-18-6-3-7-19-36)59(66-57-42(29-32-45-39-22-10-14-26-50(39)68-61(45)57)43-30-33-46-40-23-11-15-27-51(40)69-62(46)58(43)66)52(35-16-4-2-5-17-35)47(34-63)55(54)65-48-24-12-8-20-37(48)41-28-31-44-38-21-9-13-25-49(38)67-60(44)56(41)65/h2-33H. The molecule has 0 N–H and O–H groups in total. The van der Waals surface area contributed by atoms with Crippen molar-refractivity contribution in [3.63, 3.8) is 0 Å². The Kier molecular flexibility index (Phi) is 7.89. The third-order valence-corrected chi connectivity index (χ3v) is 16.6. The number of thiophene rings is 2. The Hall–Kier alpha value is -8.98. The highest BCUT2D eigenvalue weighted by atomic mass is 32.1. The topological polar surface area (TPSA) is 51.1 Å². The maximum Gasteiger partial charge on any atom is 0.221 e. The third-order valence-electron chi connectivity index (χ3n) is 14.2. The third kappa shape index (κ3) is 5.10. The van der Waals surface area contributed by atoms with Crippen molar-refractivity contribution in [2.45, 2.75) is 0 Å². The van der Waals surface area contributed by atoms with Crippen molar-refractivity contribution in [1.82, 2.24) is 9.13 Å². The van der Waals surface area contributed by atoms with E-state index in [2.05, 4.69) is 154 Å². The van der Waals surface area contributed by atoms with Crippen LogP contribution in [0.1, 0.15) is 5.56 Å². The summed E-state index contributed by atoms with van der Waals surface area (Å²) in [6.45, 7) is 9.52. The minimum Gasteiger partial charge on any atom is -0.454 e. The largest absolute Gasteiger partial charge is 0.454 e. The molecule has 0 spiro atoms. The molecule has 15 rings (SSSR count). The molecule has 0 unspecified atom stereocenters. The number of fused-ring (bicyclic) bond motifs is 18. The van der Waals surface area contributed by atoms with Crippen LogP contribution in [0.15, 0.2) is 199 Å². The summed E-state index contributed by atoms with van der Waals surface area (Å²) in [7, 11) is 0. The first-order valence-electron chi connectivity index (χ1n) is 22.9. The summed E-state index contributed by atoms with van der Waals surface area (Å²) in [5, 5.41) is 23.1. The van der Waals surface area contributed by atoms with Gasteiger partial charge in [0.15, 0.2) is 5.58 Å². The molecule has 0 saturated carbocycles. The van der Waals surface area contributed by atoms with Crippen LogP contribution in [0.3, 0.4) is 0 Å². The first-order chi connectivity index (χ1) is 34.2. The SMILES string of the molecule is [C-]#[N+]c1c(-c2ccccc2)c(-n2c3c(ccc4c5ccccc5sc43)c3ccc4c5ccccc5sc4c32)c(-c2ccccc2)c(C#N)c1-n1c2ccccc2c2ccc3c4ccccc4oc3c21. The Morgan fingerprint density at radius 3 is 1.54 bits per heavy atom. The van der Waals surface area contributed by atoms with Gasteiger partial charge in [0, 0.05) is 74.4 Å². The lowest BCUT2D eigenvalue weighted by molar-refractivity contribution is 0.671. The van der Waals surface area contributed by atoms with E-state index in [0.717, 1.165) is 97.3 Å². The van der Waals surface area contributed by atoms with Gasteiger partial charge in [-0.05, 0) is 41.5 Å². The van der Waals surface area contributed by atoms with E-state index in [9.17, 15) is 11.8 Å². The lowest BCUT2D eigenvalue weighted by Gasteiger charge is -2.25. The van der Waals surface area contributed by atoms with Crippen molar-refractivity contribution in [2.75, 3.05) is 0 Å². The normalized spacial score (nSPS) is 12.0. The number of nitrogens with zero attached hydrogens (tertiary/aromatic N) is 4. The fraction of sp³-hybridized carbons (Fsp3) is 0. The quantitative estimate of drug-likeness (QED) is 0.165. The van der Waals surface area contributed by atoms with E-state index in [1.165, 1.54) is 30.9 Å². The minimum atomic E-state index is 0.380. The van der Waals surface area contributed by atoms with Crippen molar-refractivity contribution < 1.29 is 4.42 Å².